The minimum atomic E-state index is 0.00670. The third-order valence-corrected chi connectivity index (χ3v) is 3.04. The number of carbonyl (C=O) groups is 1. The summed E-state index contributed by atoms with van der Waals surface area (Å²) < 4.78 is 5.11. The Morgan fingerprint density at radius 1 is 1.26 bits per heavy atom. The maximum Gasteiger partial charge on any atom is 0.222 e. The molecule has 1 rings (SSSR count). The molecule has 0 radical (unpaired) electrons. The Kier molecular flexibility index (Phi) is 6.36. The molecule has 0 saturated carbocycles. The van der Waals surface area contributed by atoms with Crippen LogP contribution in [0.2, 0.25) is 0 Å². The Bertz CT molecular complexity index is 390. The van der Waals surface area contributed by atoms with Crippen molar-refractivity contribution in [3.8, 4) is 5.75 Å². The second kappa shape index (κ2) is 7.79. The summed E-state index contributed by atoms with van der Waals surface area (Å²) in [5.41, 5.74) is 1.07. The van der Waals surface area contributed by atoms with Crippen molar-refractivity contribution in [2.45, 2.75) is 39.3 Å². The van der Waals surface area contributed by atoms with Gasteiger partial charge >= 0.3 is 0 Å². The standard InChI is InChI=1S/C15H24N2O2/c1-5-16-11(2)10-15(18)17-12(3)13-6-8-14(19-4)9-7-13/h6-9,11-12,16H,5,10H2,1-4H3,(H,17,18)/t11?,12-/m1/s1. The molecule has 19 heavy (non-hydrogen) atoms. The fraction of sp³-hybridized carbons (Fsp3) is 0.533. The molecule has 2 N–H and O–H groups in total. The minimum Gasteiger partial charge on any atom is -0.497 e. The second-order valence-corrected chi connectivity index (χ2v) is 4.73. The van der Waals surface area contributed by atoms with Crippen LogP contribution in [0.3, 0.4) is 0 Å². The van der Waals surface area contributed by atoms with Crippen LogP contribution >= 0.6 is 0 Å². The van der Waals surface area contributed by atoms with E-state index in [2.05, 4.69) is 10.6 Å². The maximum absolute atomic E-state index is 11.9. The van der Waals surface area contributed by atoms with E-state index in [0.29, 0.717) is 6.42 Å². The molecule has 0 bridgehead atoms. The predicted molar refractivity (Wildman–Crippen MR) is 77.3 cm³/mol. The molecule has 1 amide bonds. The fourth-order valence-corrected chi connectivity index (χ4v) is 1.98. The van der Waals surface area contributed by atoms with E-state index in [1.165, 1.54) is 0 Å². The topological polar surface area (TPSA) is 50.4 Å². The SMILES string of the molecule is CCNC(C)CC(=O)N[C@H](C)c1ccc(OC)cc1. The third-order valence-electron chi connectivity index (χ3n) is 3.04. The van der Waals surface area contributed by atoms with Gasteiger partial charge in [0, 0.05) is 12.5 Å². The van der Waals surface area contributed by atoms with Gasteiger partial charge in [-0.2, -0.15) is 0 Å². The smallest absolute Gasteiger partial charge is 0.222 e. The lowest BCUT2D eigenvalue weighted by atomic mass is 10.1. The van der Waals surface area contributed by atoms with E-state index in [4.69, 9.17) is 4.74 Å². The quantitative estimate of drug-likeness (QED) is 0.794. The Balaban J connectivity index is 2.48. The normalized spacial score (nSPS) is 13.7. The fourth-order valence-electron chi connectivity index (χ4n) is 1.98. The summed E-state index contributed by atoms with van der Waals surface area (Å²) in [7, 11) is 1.64. The van der Waals surface area contributed by atoms with Gasteiger partial charge in [-0.25, -0.2) is 0 Å². The van der Waals surface area contributed by atoms with Gasteiger partial charge in [-0.3, -0.25) is 4.79 Å². The first-order valence-corrected chi connectivity index (χ1v) is 6.73. The van der Waals surface area contributed by atoms with Crippen molar-refractivity contribution < 1.29 is 9.53 Å². The first-order chi connectivity index (χ1) is 9.06. The Hall–Kier alpha value is -1.55. The average Bonchev–Trinajstić information content (AvgIpc) is 2.38. The van der Waals surface area contributed by atoms with Crippen LogP contribution in [-0.2, 0) is 4.79 Å². The Morgan fingerprint density at radius 3 is 2.42 bits per heavy atom. The van der Waals surface area contributed by atoms with E-state index < -0.39 is 0 Å². The van der Waals surface area contributed by atoms with Crippen molar-refractivity contribution in [1.82, 2.24) is 10.6 Å². The van der Waals surface area contributed by atoms with Crippen LogP contribution in [0.25, 0.3) is 0 Å². The van der Waals surface area contributed by atoms with Crippen molar-refractivity contribution >= 4 is 5.91 Å². The minimum absolute atomic E-state index is 0.00670. The van der Waals surface area contributed by atoms with Crippen LogP contribution in [0, 0.1) is 0 Å². The number of nitrogens with one attached hydrogen (secondary N) is 2. The zero-order valence-corrected chi connectivity index (χ0v) is 12.2. The molecule has 0 aliphatic carbocycles. The van der Waals surface area contributed by atoms with Crippen LogP contribution in [0.15, 0.2) is 24.3 Å². The van der Waals surface area contributed by atoms with Crippen molar-refractivity contribution in [3.63, 3.8) is 0 Å². The number of hydrogen-bond donors (Lipinski definition) is 2. The van der Waals surface area contributed by atoms with Gasteiger partial charge in [-0.1, -0.05) is 19.1 Å². The van der Waals surface area contributed by atoms with E-state index in [1.807, 2.05) is 45.0 Å². The van der Waals surface area contributed by atoms with Crippen molar-refractivity contribution in [1.29, 1.82) is 0 Å². The van der Waals surface area contributed by atoms with Crippen molar-refractivity contribution in [2.24, 2.45) is 0 Å². The van der Waals surface area contributed by atoms with Gasteiger partial charge in [-0.15, -0.1) is 0 Å². The number of benzene rings is 1. The zero-order chi connectivity index (χ0) is 14.3. The summed E-state index contributed by atoms with van der Waals surface area (Å²) in [4.78, 5) is 11.9. The maximum atomic E-state index is 11.9. The molecule has 106 valence electrons. The third kappa shape index (κ3) is 5.30. The highest BCUT2D eigenvalue weighted by Crippen LogP contribution is 2.17. The van der Waals surface area contributed by atoms with E-state index in [1.54, 1.807) is 7.11 Å². The second-order valence-electron chi connectivity index (χ2n) is 4.73. The summed E-state index contributed by atoms with van der Waals surface area (Å²) in [6.07, 6.45) is 0.494. The molecule has 0 aliphatic rings. The predicted octanol–water partition coefficient (Wildman–Crippen LogP) is 2.26. The molecular formula is C15H24N2O2. The van der Waals surface area contributed by atoms with Crippen molar-refractivity contribution in [2.75, 3.05) is 13.7 Å². The highest BCUT2D eigenvalue weighted by atomic mass is 16.5. The average molecular weight is 264 g/mol. The Morgan fingerprint density at radius 2 is 1.89 bits per heavy atom. The van der Waals surface area contributed by atoms with E-state index in [-0.39, 0.29) is 18.0 Å². The molecule has 4 heteroatoms. The first-order valence-electron chi connectivity index (χ1n) is 6.73. The summed E-state index contributed by atoms with van der Waals surface area (Å²) >= 11 is 0. The number of methoxy groups -OCH3 is 1. The molecule has 1 unspecified atom stereocenters. The molecule has 0 spiro atoms. The van der Waals surface area contributed by atoms with Crippen LogP contribution in [0.1, 0.15) is 38.8 Å². The summed E-state index contributed by atoms with van der Waals surface area (Å²) in [5, 5.41) is 6.23. The molecule has 0 heterocycles. The highest BCUT2D eigenvalue weighted by Gasteiger charge is 2.12. The van der Waals surface area contributed by atoms with Gasteiger partial charge in [0.2, 0.25) is 5.91 Å². The van der Waals surface area contributed by atoms with Crippen LogP contribution in [0.5, 0.6) is 5.75 Å². The zero-order valence-electron chi connectivity index (χ0n) is 12.2. The molecule has 0 saturated heterocycles. The van der Waals surface area contributed by atoms with E-state index in [0.717, 1.165) is 17.9 Å². The van der Waals surface area contributed by atoms with Crippen molar-refractivity contribution in [3.05, 3.63) is 29.8 Å². The number of amides is 1. The van der Waals surface area contributed by atoms with Gasteiger partial charge in [0.05, 0.1) is 13.2 Å². The first kappa shape index (κ1) is 15.5. The van der Waals surface area contributed by atoms with Gasteiger partial charge in [-0.05, 0) is 38.1 Å². The lowest BCUT2D eigenvalue weighted by Gasteiger charge is -2.17. The molecular weight excluding hydrogens is 240 g/mol. The molecule has 0 aliphatic heterocycles. The monoisotopic (exact) mass is 264 g/mol. The van der Waals surface area contributed by atoms with E-state index in [9.17, 15) is 4.79 Å². The van der Waals surface area contributed by atoms with Gasteiger partial charge in [0.25, 0.3) is 0 Å². The molecule has 1 aromatic carbocycles. The molecule has 1 aromatic rings. The van der Waals surface area contributed by atoms with E-state index >= 15 is 0 Å². The largest absolute Gasteiger partial charge is 0.497 e. The number of ether oxygens (including phenoxy) is 1. The molecule has 0 aromatic heterocycles. The van der Waals surface area contributed by atoms with Gasteiger partial charge in [0.1, 0.15) is 5.75 Å². The van der Waals surface area contributed by atoms with Gasteiger partial charge in [0.15, 0.2) is 0 Å². The number of rotatable bonds is 7. The van der Waals surface area contributed by atoms with Gasteiger partial charge < -0.3 is 15.4 Å². The molecule has 0 fully saturated rings. The number of carbonyl (C=O) groups excluding carboxylic acids is 1. The summed E-state index contributed by atoms with van der Waals surface area (Å²) in [5.74, 6) is 0.889. The Labute approximate surface area is 115 Å². The molecule has 4 nitrogen and oxygen atoms in total. The van der Waals surface area contributed by atoms with Crippen LogP contribution in [-0.4, -0.2) is 25.6 Å². The highest BCUT2D eigenvalue weighted by molar-refractivity contribution is 5.77. The van der Waals surface area contributed by atoms with Crippen LogP contribution in [0.4, 0.5) is 0 Å². The lowest BCUT2D eigenvalue weighted by molar-refractivity contribution is -0.122. The summed E-state index contributed by atoms with van der Waals surface area (Å²) in [6.45, 7) is 6.91. The lowest BCUT2D eigenvalue weighted by Crippen LogP contribution is -2.34. The van der Waals surface area contributed by atoms with Crippen LogP contribution < -0.4 is 15.4 Å². The number of hydrogen-bond acceptors (Lipinski definition) is 3. The summed E-state index contributed by atoms with van der Waals surface area (Å²) in [6, 6.07) is 7.95. The molecule has 2 atom stereocenters.